The van der Waals surface area contributed by atoms with Gasteiger partial charge in [0.05, 0.1) is 16.6 Å². The number of aryl methyl sites for hydroxylation is 2. The van der Waals surface area contributed by atoms with Gasteiger partial charge in [-0.1, -0.05) is 0 Å². The van der Waals surface area contributed by atoms with E-state index in [1.807, 2.05) is 11.5 Å². The number of carbonyl (C=O) groups excluding carboxylic acids is 1. The van der Waals surface area contributed by atoms with Gasteiger partial charge in [0.1, 0.15) is 5.82 Å². The summed E-state index contributed by atoms with van der Waals surface area (Å²) < 4.78 is 1.86. The molecule has 2 aromatic rings. The summed E-state index contributed by atoms with van der Waals surface area (Å²) in [5, 5.41) is 11.6. The maximum Gasteiger partial charge on any atom is 0.335 e. The zero-order chi connectivity index (χ0) is 14.0. The molecule has 0 aliphatic heterocycles. The van der Waals surface area contributed by atoms with Gasteiger partial charge < -0.3 is 15.0 Å². The molecule has 0 saturated carbocycles. The first-order chi connectivity index (χ1) is 9.02. The lowest BCUT2D eigenvalue weighted by molar-refractivity contribution is -0.120. The molecule has 0 bridgehead atoms. The standard InChI is InChI=1S/C13H15N3O3/c1-8-15-10-4-3-9(13(18)19)7-11(10)16(8)6-5-12(17)14-2/h3-4,7H,5-6H2,1-2H3,(H,14,17)(H,18,19). The number of carboxylic acids is 1. The molecule has 0 spiro atoms. The number of rotatable bonds is 4. The maximum absolute atomic E-state index is 11.3. The molecule has 6 heteroatoms. The zero-order valence-electron chi connectivity index (χ0n) is 10.8. The van der Waals surface area contributed by atoms with Crippen molar-refractivity contribution in [2.45, 2.75) is 19.9 Å². The summed E-state index contributed by atoms with van der Waals surface area (Å²) in [5.74, 6) is -0.268. The van der Waals surface area contributed by atoms with Crippen LogP contribution in [-0.2, 0) is 11.3 Å². The maximum atomic E-state index is 11.3. The van der Waals surface area contributed by atoms with Crippen LogP contribution in [0.2, 0.25) is 0 Å². The van der Waals surface area contributed by atoms with Crippen LogP contribution in [0.15, 0.2) is 18.2 Å². The van der Waals surface area contributed by atoms with Crippen LogP contribution in [0.5, 0.6) is 0 Å². The first-order valence-electron chi connectivity index (χ1n) is 5.93. The number of nitrogens with zero attached hydrogens (tertiary/aromatic N) is 2. The number of aromatic carboxylic acids is 1. The zero-order valence-corrected chi connectivity index (χ0v) is 10.8. The molecule has 1 heterocycles. The van der Waals surface area contributed by atoms with Crippen LogP contribution in [0.1, 0.15) is 22.6 Å². The van der Waals surface area contributed by atoms with Crippen molar-refractivity contribution in [1.82, 2.24) is 14.9 Å². The van der Waals surface area contributed by atoms with Gasteiger partial charge in [-0.25, -0.2) is 9.78 Å². The van der Waals surface area contributed by atoms with Gasteiger partial charge in [-0.2, -0.15) is 0 Å². The fraction of sp³-hybridized carbons (Fsp3) is 0.308. The van der Waals surface area contributed by atoms with E-state index in [2.05, 4.69) is 10.3 Å². The van der Waals surface area contributed by atoms with E-state index in [9.17, 15) is 9.59 Å². The van der Waals surface area contributed by atoms with E-state index in [1.165, 1.54) is 6.07 Å². The Kier molecular flexibility index (Phi) is 3.50. The Morgan fingerprint density at radius 2 is 2.16 bits per heavy atom. The Bertz CT molecular complexity index is 646. The number of benzene rings is 1. The molecule has 1 aromatic carbocycles. The highest BCUT2D eigenvalue weighted by molar-refractivity contribution is 5.92. The predicted octanol–water partition coefficient (Wildman–Crippen LogP) is 1.18. The third-order valence-electron chi connectivity index (χ3n) is 3.03. The Morgan fingerprint density at radius 3 is 2.79 bits per heavy atom. The van der Waals surface area contributed by atoms with Crippen LogP contribution in [0.25, 0.3) is 11.0 Å². The average molecular weight is 261 g/mol. The smallest absolute Gasteiger partial charge is 0.335 e. The van der Waals surface area contributed by atoms with E-state index < -0.39 is 5.97 Å². The number of fused-ring (bicyclic) bond motifs is 1. The molecule has 2 rings (SSSR count). The van der Waals surface area contributed by atoms with Crippen molar-refractivity contribution in [2.24, 2.45) is 0 Å². The lowest BCUT2D eigenvalue weighted by atomic mass is 10.2. The summed E-state index contributed by atoms with van der Waals surface area (Å²) >= 11 is 0. The molecular weight excluding hydrogens is 246 g/mol. The van der Waals surface area contributed by atoms with E-state index in [4.69, 9.17) is 5.11 Å². The third-order valence-corrected chi connectivity index (χ3v) is 3.03. The predicted molar refractivity (Wildman–Crippen MR) is 70.1 cm³/mol. The van der Waals surface area contributed by atoms with Crippen LogP contribution in [0.3, 0.4) is 0 Å². The fourth-order valence-corrected chi connectivity index (χ4v) is 2.00. The highest BCUT2D eigenvalue weighted by Crippen LogP contribution is 2.18. The number of amides is 1. The highest BCUT2D eigenvalue weighted by atomic mass is 16.4. The highest BCUT2D eigenvalue weighted by Gasteiger charge is 2.11. The van der Waals surface area contributed by atoms with Crippen LogP contribution in [0.4, 0.5) is 0 Å². The number of carboxylic acid groups (broad SMARTS) is 1. The van der Waals surface area contributed by atoms with Gasteiger partial charge in [0.2, 0.25) is 5.91 Å². The summed E-state index contributed by atoms with van der Waals surface area (Å²) in [4.78, 5) is 26.6. The minimum absolute atomic E-state index is 0.0596. The van der Waals surface area contributed by atoms with Crippen LogP contribution >= 0.6 is 0 Å². The number of hydrogen-bond donors (Lipinski definition) is 2. The van der Waals surface area contributed by atoms with Crippen molar-refractivity contribution < 1.29 is 14.7 Å². The van der Waals surface area contributed by atoms with Gasteiger partial charge in [0.15, 0.2) is 0 Å². The summed E-state index contributed by atoms with van der Waals surface area (Å²) in [6.07, 6.45) is 0.333. The molecule has 6 nitrogen and oxygen atoms in total. The third kappa shape index (κ3) is 2.57. The molecule has 0 unspecified atom stereocenters. The lowest BCUT2D eigenvalue weighted by Gasteiger charge is -2.06. The second-order valence-electron chi connectivity index (χ2n) is 4.24. The number of carbonyl (C=O) groups is 2. The van der Waals surface area contributed by atoms with Crippen molar-refractivity contribution in [3.05, 3.63) is 29.6 Å². The molecule has 0 radical (unpaired) electrons. The number of aromatic nitrogens is 2. The summed E-state index contributed by atoms with van der Waals surface area (Å²) in [6.45, 7) is 2.31. The monoisotopic (exact) mass is 261 g/mol. The van der Waals surface area contributed by atoms with E-state index in [1.54, 1.807) is 19.2 Å². The molecule has 0 aliphatic carbocycles. The lowest BCUT2D eigenvalue weighted by Crippen LogP contribution is -2.19. The SMILES string of the molecule is CNC(=O)CCn1c(C)nc2ccc(C(=O)O)cc21. The Labute approximate surface area is 110 Å². The second-order valence-corrected chi connectivity index (χ2v) is 4.24. The van der Waals surface area contributed by atoms with Crippen molar-refractivity contribution >= 4 is 22.9 Å². The van der Waals surface area contributed by atoms with Gasteiger partial charge in [-0.05, 0) is 25.1 Å². The van der Waals surface area contributed by atoms with Gasteiger partial charge >= 0.3 is 5.97 Å². The van der Waals surface area contributed by atoms with Gasteiger partial charge in [-0.3, -0.25) is 4.79 Å². The molecule has 0 fully saturated rings. The Hall–Kier alpha value is -2.37. The van der Waals surface area contributed by atoms with E-state index in [0.29, 0.717) is 13.0 Å². The van der Waals surface area contributed by atoms with E-state index in [-0.39, 0.29) is 11.5 Å². The molecule has 2 N–H and O–H groups in total. The van der Waals surface area contributed by atoms with E-state index >= 15 is 0 Å². The number of imidazole rings is 1. The van der Waals surface area contributed by atoms with Crippen molar-refractivity contribution in [3.63, 3.8) is 0 Å². The Balaban J connectivity index is 2.41. The Morgan fingerprint density at radius 1 is 1.42 bits per heavy atom. The van der Waals surface area contributed by atoms with Gasteiger partial charge in [0.25, 0.3) is 0 Å². The minimum Gasteiger partial charge on any atom is -0.478 e. The molecule has 1 amide bonds. The van der Waals surface area contributed by atoms with Crippen LogP contribution < -0.4 is 5.32 Å². The quantitative estimate of drug-likeness (QED) is 0.865. The van der Waals surface area contributed by atoms with Crippen LogP contribution in [-0.4, -0.2) is 33.6 Å². The van der Waals surface area contributed by atoms with Crippen molar-refractivity contribution in [1.29, 1.82) is 0 Å². The van der Waals surface area contributed by atoms with E-state index in [0.717, 1.165) is 16.9 Å². The second kappa shape index (κ2) is 5.09. The molecule has 0 saturated heterocycles. The topological polar surface area (TPSA) is 84.2 Å². The molecule has 1 aromatic heterocycles. The largest absolute Gasteiger partial charge is 0.478 e. The van der Waals surface area contributed by atoms with Gasteiger partial charge in [0, 0.05) is 20.0 Å². The average Bonchev–Trinajstić information content (AvgIpc) is 2.70. The number of nitrogens with one attached hydrogen (secondary N) is 1. The normalized spacial score (nSPS) is 10.6. The minimum atomic E-state index is -0.974. The molecular formula is C13H15N3O3. The molecule has 19 heavy (non-hydrogen) atoms. The van der Waals surface area contributed by atoms with Gasteiger partial charge in [-0.15, -0.1) is 0 Å². The van der Waals surface area contributed by atoms with Crippen molar-refractivity contribution in [2.75, 3.05) is 7.05 Å². The summed E-state index contributed by atoms with van der Waals surface area (Å²) in [7, 11) is 1.59. The molecule has 0 aliphatic rings. The summed E-state index contributed by atoms with van der Waals surface area (Å²) in [5.41, 5.74) is 1.69. The molecule has 0 atom stereocenters. The summed E-state index contributed by atoms with van der Waals surface area (Å²) in [6, 6.07) is 4.80. The van der Waals surface area contributed by atoms with Crippen molar-refractivity contribution in [3.8, 4) is 0 Å². The first kappa shape index (κ1) is 13.1. The number of hydrogen-bond acceptors (Lipinski definition) is 3. The fourth-order valence-electron chi connectivity index (χ4n) is 2.00. The van der Waals surface area contributed by atoms with Crippen LogP contribution in [0, 0.1) is 6.92 Å². The first-order valence-corrected chi connectivity index (χ1v) is 5.93. The molecule has 100 valence electrons.